The summed E-state index contributed by atoms with van der Waals surface area (Å²) in [7, 11) is 1.72. The van der Waals surface area contributed by atoms with Crippen molar-refractivity contribution < 1.29 is 9.90 Å². The first-order valence-corrected chi connectivity index (χ1v) is 3.98. The van der Waals surface area contributed by atoms with Crippen LogP contribution in [0, 0.1) is 0 Å². The van der Waals surface area contributed by atoms with Gasteiger partial charge in [0.1, 0.15) is 0 Å². The standard InChI is InChI=1S/C4H12OSi.H2O/c1-3-4-6-5-2;/h3-4,6H2,1-2H3;1H2. The first-order chi connectivity index (χ1) is 2.91. The molecule has 0 spiro atoms. The third kappa shape index (κ3) is 10.7. The van der Waals surface area contributed by atoms with Gasteiger partial charge in [0.15, 0.2) is 9.76 Å². The largest absolute Gasteiger partial charge is 0.427 e. The van der Waals surface area contributed by atoms with Gasteiger partial charge in [-0.25, -0.2) is 0 Å². The van der Waals surface area contributed by atoms with Crippen LogP contribution in [0.3, 0.4) is 0 Å². The fourth-order valence-corrected chi connectivity index (χ4v) is 0.866. The Kier molecular flexibility index (Phi) is 13.8. The van der Waals surface area contributed by atoms with E-state index in [-0.39, 0.29) is 15.2 Å². The quantitative estimate of drug-likeness (QED) is 0.375. The lowest BCUT2D eigenvalue weighted by molar-refractivity contribution is 0.440. The van der Waals surface area contributed by atoms with Gasteiger partial charge in [0, 0.05) is 7.11 Å². The van der Waals surface area contributed by atoms with Crippen molar-refractivity contribution in [3.63, 3.8) is 0 Å². The molecule has 0 saturated carbocycles. The van der Waals surface area contributed by atoms with Crippen molar-refractivity contribution in [2.75, 3.05) is 7.11 Å². The zero-order valence-corrected chi connectivity index (χ0v) is 6.44. The van der Waals surface area contributed by atoms with Gasteiger partial charge in [-0.05, 0) is 6.04 Å². The number of hydrogen-bond donors (Lipinski definition) is 0. The van der Waals surface area contributed by atoms with Gasteiger partial charge in [-0.2, -0.15) is 0 Å². The van der Waals surface area contributed by atoms with E-state index in [0.29, 0.717) is 0 Å². The zero-order chi connectivity index (χ0) is 4.83. The molecule has 0 aromatic rings. The van der Waals surface area contributed by atoms with E-state index in [1.807, 2.05) is 0 Å². The van der Waals surface area contributed by atoms with E-state index in [2.05, 4.69) is 6.92 Å². The summed E-state index contributed by atoms with van der Waals surface area (Å²) in [6.45, 7) is 2.19. The van der Waals surface area contributed by atoms with Crippen molar-refractivity contribution in [3.8, 4) is 0 Å². The van der Waals surface area contributed by atoms with Crippen LogP contribution in [0.15, 0.2) is 0 Å². The van der Waals surface area contributed by atoms with Gasteiger partial charge < -0.3 is 9.90 Å². The molecule has 0 bridgehead atoms. The van der Waals surface area contributed by atoms with Crippen LogP contribution in [0.25, 0.3) is 0 Å². The minimum Gasteiger partial charge on any atom is -0.427 e. The lowest BCUT2D eigenvalue weighted by Gasteiger charge is -1.88. The second-order valence-corrected chi connectivity index (χ2v) is 3.04. The molecule has 0 unspecified atom stereocenters. The molecule has 0 radical (unpaired) electrons. The Balaban J connectivity index is 0. The van der Waals surface area contributed by atoms with Gasteiger partial charge in [-0.3, -0.25) is 0 Å². The Labute approximate surface area is 47.1 Å². The number of hydrogen-bond acceptors (Lipinski definition) is 1. The van der Waals surface area contributed by atoms with E-state index in [0.717, 1.165) is 0 Å². The summed E-state index contributed by atoms with van der Waals surface area (Å²) in [5.74, 6) is 0. The molecule has 0 amide bonds. The summed E-state index contributed by atoms with van der Waals surface area (Å²) in [4.78, 5) is 0. The van der Waals surface area contributed by atoms with Crippen LogP contribution in [-0.2, 0) is 4.43 Å². The molecule has 0 fully saturated rings. The molecule has 3 heteroatoms. The smallest absolute Gasteiger partial charge is 0.161 e. The first kappa shape index (κ1) is 10.2. The lowest BCUT2D eigenvalue weighted by atomic mass is 10.6. The van der Waals surface area contributed by atoms with Crippen molar-refractivity contribution in [1.82, 2.24) is 0 Å². The van der Waals surface area contributed by atoms with Gasteiger partial charge in [-0.15, -0.1) is 0 Å². The van der Waals surface area contributed by atoms with Gasteiger partial charge in [0.05, 0.1) is 0 Å². The molecule has 46 valence electrons. The highest BCUT2D eigenvalue weighted by atomic mass is 28.2. The summed E-state index contributed by atoms with van der Waals surface area (Å²) < 4.78 is 4.92. The molecule has 0 aliphatic heterocycles. The summed E-state index contributed by atoms with van der Waals surface area (Å²) >= 11 is 0. The third-order valence-electron chi connectivity index (χ3n) is 0.702. The molecule has 0 aliphatic rings. The second-order valence-electron chi connectivity index (χ2n) is 1.35. The molecule has 0 rings (SSSR count). The highest BCUT2D eigenvalue weighted by molar-refractivity contribution is 6.26. The molecule has 0 heterocycles. The molecular weight excluding hydrogens is 108 g/mol. The first-order valence-electron chi connectivity index (χ1n) is 2.40. The van der Waals surface area contributed by atoms with Crippen molar-refractivity contribution >= 4 is 9.76 Å². The van der Waals surface area contributed by atoms with E-state index in [9.17, 15) is 0 Å². The Bertz CT molecular complexity index is 21.7. The van der Waals surface area contributed by atoms with Crippen molar-refractivity contribution in [2.24, 2.45) is 0 Å². The molecule has 0 aromatic carbocycles. The average molecular weight is 122 g/mol. The van der Waals surface area contributed by atoms with Gasteiger partial charge in [0.2, 0.25) is 0 Å². The predicted octanol–water partition coefficient (Wildman–Crippen LogP) is -0.280. The van der Waals surface area contributed by atoms with Crippen LogP contribution in [0.1, 0.15) is 13.3 Å². The maximum atomic E-state index is 4.92. The predicted molar refractivity (Wildman–Crippen MR) is 34.3 cm³/mol. The Morgan fingerprint density at radius 2 is 2.14 bits per heavy atom. The Morgan fingerprint density at radius 1 is 1.57 bits per heavy atom. The molecular formula is C4H14O2Si. The van der Waals surface area contributed by atoms with Crippen LogP contribution >= 0.6 is 0 Å². The Hall–Kier alpha value is 0.137. The maximum Gasteiger partial charge on any atom is 0.161 e. The summed E-state index contributed by atoms with van der Waals surface area (Å²) in [6.07, 6.45) is 1.29. The summed E-state index contributed by atoms with van der Waals surface area (Å²) in [5.41, 5.74) is 0. The van der Waals surface area contributed by atoms with Crippen molar-refractivity contribution in [1.29, 1.82) is 0 Å². The van der Waals surface area contributed by atoms with Crippen LogP contribution in [-0.4, -0.2) is 22.3 Å². The normalized spacial score (nSPS) is 9.43. The second kappa shape index (κ2) is 9.46. The van der Waals surface area contributed by atoms with Gasteiger partial charge in [0.25, 0.3) is 0 Å². The minimum absolute atomic E-state index is 0. The molecule has 0 saturated heterocycles. The topological polar surface area (TPSA) is 40.7 Å². The molecule has 2 N–H and O–H groups in total. The van der Waals surface area contributed by atoms with E-state index in [4.69, 9.17) is 4.43 Å². The molecule has 0 aliphatic carbocycles. The monoisotopic (exact) mass is 122 g/mol. The highest BCUT2D eigenvalue weighted by Crippen LogP contribution is 1.82. The van der Waals surface area contributed by atoms with Crippen molar-refractivity contribution in [2.45, 2.75) is 19.4 Å². The van der Waals surface area contributed by atoms with Crippen molar-refractivity contribution in [3.05, 3.63) is 0 Å². The van der Waals surface area contributed by atoms with E-state index in [1.165, 1.54) is 12.5 Å². The van der Waals surface area contributed by atoms with Crippen LogP contribution in [0.4, 0.5) is 0 Å². The molecule has 7 heavy (non-hydrogen) atoms. The Morgan fingerprint density at radius 3 is 2.29 bits per heavy atom. The van der Waals surface area contributed by atoms with E-state index < -0.39 is 0 Å². The van der Waals surface area contributed by atoms with Crippen LogP contribution in [0.2, 0.25) is 6.04 Å². The molecule has 2 nitrogen and oxygen atoms in total. The number of rotatable bonds is 3. The van der Waals surface area contributed by atoms with Crippen LogP contribution < -0.4 is 0 Å². The van der Waals surface area contributed by atoms with E-state index >= 15 is 0 Å². The average Bonchev–Trinajstić information content (AvgIpc) is 1.61. The fourth-order valence-electron chi connectivity index (χ4n) is 0.289. The van der Waals surface area contributed by atoms with E-state index in [1.54, 1.807) is 7.11 Å². The third-order valence-corrected chi connectivity index (χ3v) is 2.11. The summed E-state index contributed by atoms with van der Waals surface area (Å²) in [6, 6.07) is 1.33. The minimum atomic E-state index is -0.0783. The molecule has 0 aromatic heterocycles. The highest BCUT2D eigenvalue weighted by Gasteiger charge is 1.77. The maximum absolute atomic E-state index is 4.92. The summed E-state index contributed by atoms with van der Waals surface area (Å²) in [5, 5.41) is 0. The fraction of sp³-hybridized carbons (Fsp3) is 1.00. The SMILES string of the molecule is CCC[SiH2]OC.O. The lowest BCUT2D eigenvalue weighted by Crippen LogP contribution is -1.89. The van der Waals surface area contributed by atoms with Gasteiger partial charge >= 0.3 is 0 Å². The zero-order valence-electron chi connectivity index (χ0n) is 5.03. The molecule has 0 atom stereocenters. The van der Waals surface area contributed by atoms with Gasteiger partial charge in [-0.1, -0.05) is 13.3 Å². The van der Waals surface area contributed by atoms with Crippen LogP contribution in [0.5, 0.6) is 0 Å².